The van der Waals surface area contributed by atoms with Gasteiger partial charge in [0.05, 0.1) is 0 Å². The van der Waals surface area contributed by atoms with E-state index < -0.39 is 6.10 Å². The number of benzene rings is 2. The molecule has 0 aromatic heterocycles. The zero-order valence-electron chi connectivity index (χ0n) is 14.0. The molecule has 0 fully saturated rings. The largest absolute Gasteiger partial charge is 0.481 e. The number of fused-ring (bicyclic) bond motifs is 1. The van der Waals surface area contributed by atoms with Gasteiger partial charge in [-0.25, -0.2) is 0 Å². The first-order chi connectivity index (χ1) is 11.1. The van der Waals surface area contributed by atoms with Gasteiger partial charge in [-0.05, 0) is 62.4 Å². The summed E-state index contributed by atoms with van der Waals surface area (Å²) in [7, 11) is 0. The zero-order valence-corrected chi connectivity index (χ0v) is 14.0. The Morgan fingerprint density at radius 1 is 1.17 bits per heavy atom. The van der Waals surface area contributed by atoms with Gasteiger partial charge in [0.25, 0.3) is 5.91 Å². The predicted octanol–water partition coefficient (Wildman–Crippen LogP) is 4.05. The Kier molecular flexibility index (Phi) is 4.37. The molecular formula is C20H23NO2. The summed E-state index contributed by atoms with van der Waals surface area (Å²) in [6, 6.07) is 14.2. The van der Waals surface area contributed by atoms with E-state index in [0.29, 0.717) is 0 Å². The minimum atomic E-state index is -0.498. The van der Waals surface area contributed by atoms with E-state index in [9.17, 15) is 4.79 Å². The number of hydrogen-bond donors (Lipinski definition) is 0. The molecule has 0 radical (unpaired) electrons. The Balaban J connectivity index is 1.79. The summed E-state index contributed by atoms with van der Waals surface area (Å²) in [5, 5.41) is 0. The van der Waals surface area contributed by atoms with Crippen LogP contribution in [0, 0.1) is 13.8 Å². The molecule has 0 spiro atoms. The first kappa shape index (κ1) is 15.6. The van der Waals surface area contributed by atoms with Crippen LogP contribution in [0.25, 0.3) is 0 Å². The summed E-state index contributed by atoms with van der Waals surface area (Å²) in [6.07, 6.45) is 1.53. The van der Waals surface area contributed by atoms with Crippen molar-refractivity contribution in [3.63, 3.8) is 0 Å². The van der Waals surface area contributed by atoms with Gasteiger partial charge in [0, 0.05) is 12.2 Å². The fourth-order valence-electron chi connectivity index (χ4n) is 3.06. The van der Waals surface area contributed by atoms with E-state index in [2.05, 4.69) is 12.1 Å². The van der Waals surface area contributed by atoms with Crippen LogP contribution in [0.5, 0.6) is 5.75 Å². The Bertz CT molecular complexity index is 723. The van der Waals surface area contributed by atoms with Crippen molar-refractivity contribution in [2.24, 2.45) is 0 Å². The van der Waals surface area contributed by atoms with Gasteiger partial charge in [-0.2, -0.15) is 0 Å². The van der Waals surface area contributed by atoms with E-state index in [0.717, 1.165) is 42.0 Å². The highest BCUT2D eigenvalue weighted by Crippen LogP contribution is 2.28. The van der Waals surface area contributed by atoms with Crippen LogP contribution in [0.2, 0.25) is 0 Å². The number of ether oxygens (including phenoxy) is 1. The van der Waals surface area contributed by atoms with Crippen molar-refractivity contribution in [1.29, 1.82) is 0 Å². The van der Waals surface area contributed by atoms with Crippen LogP contribution in [-0.4, -0.2) is 18.6 Å². The van der Waals surface area contributed by atoms with Crippen molar-refractivity contribution >= 4 is 11.6 Å². The number of carbonyl (C=O) groups excluding carboxylic acids is 1. The normalized spacial score (nSPS) is 15.0. The Morgan fingerprint density at radius 2 is 1.96 bits per heavy atom. The highest BCUT2D eigenvalue weighted by Gasteiger charge is 2.27. The van der Waals surface area contributed by atoms with E-state index >= 15 is 0 Å². The molecule has 23 heavy (non-hydrogen) atoms. The van der Waals surface area contributed by atoms with E-state index in [-0.39, 0.29) is 5.91 Å². The van der Waals surface area contributed by atoms with Gasteiger partial charge in [-0.15, -0.1) is 0 Å². The molecule has 2 aromatic rings. The average molecular weight is 309 g/mol. The van der Waals surface area contributed by atoms with E-state index in [1.807, 2.05) is 56.0 Å². The number of anilines is 1. The maximum Gasteiger partial charge on any atom is 0.267 e. The van der Waals surface area contributed by atoms with Crippen LogP contribution in [-0.2, 0) is 11.2 Å². The number of carbonyl (C=O) groups is 1. The summed E-state index contributed by atoms with van der Waals surface area (Å²) in [4.78, 5) is 14.7. The molecule has 3 rings (SSSR count). The SMILES string of the molecule is Cc1ccc(C)c(O[C@H](C)C(=O)N2CCCc3ccccc32)c1. The van der Waals surface area contributed by atoms with Crippen molar-refractivity contribution < 1.29 is 9.53 Å². The van der Waals surface area contributed by atoms with Gasteiger partial charge in [0.2, 0.25) is 0 Å². The first-order valence-electron chi connectivity index (χ1n) is 8.19. The second kappa shape index (κ2) is 6.45. The molecule has 120 valence electrons. The number of rotatable bonds is 3. The van der Waals surface area contributed by atoms with Crippen LogP contribution >= 0.6 is 0 Å². The summed E-state index contributed by atoms with van der Waals surface area (Å²) in [5.74, 6) is 0.814. The molecule has 0 aliphatic carbocycles. The first-order valence-corrected chi connectivity index (χ1v) is 8.19. The van der Waals surface area contributed by atoms with Gasteiger partial charge in [0.1, 0.15) is 5.75 Å². The molecule has 0 bridgehead atoms. The zero-order chi connectivity index (χ0) is 16.4. The standard InChI is InChI=1S/C20H23NO2/c1-14-10-11-15(2)19(13-14)23-16(3)20(22)21-12-6-8-17-7-4-5-9-18(17)21/h4-5,7,9-11,13,16H,6,8,12H2,1-3H3/t16-/m1/s1. The third-order valence-electron chi connectivity index (χ3n) is 4.37. The van der Waals surface area contributed by atoms with Crippen molar-refractivity contribution in [3.05, 3.63) is 59.2 Å². The molecular weight excluding hydrogens is 286 g/mol. The molecule has 1 aliphatic heterocycles. The number of hydrogen-bond acceptors (Lipinski definition) is 2. The van der Waals surface area contributed by atoms with Gasteiger partial charge in [-0.3, -0.25) is 4.79 Å². The third kappa shape index (κ3) is 3.24. The third-order valence-corrected chi connectivity index (χ3v) is 4.37. The molecule has 1 atom stereocenters. The topological polar surface area (TPSA) is 29.5 Å². The minimum Gasteiger partial charge on any atom is -0.481 e. The fourth-order valence-corrected chi connectivity index (χ4v) is 3.06. The van der Waals surface area contributed by atoms with Crippen molar-refractivity contribution in [1.82, 2.24) is 0 Å². The van der Waals surface area contributed by atoms with E-state index in [1.165, 1.54) is 5.56 Å². The van der Waals surface area contributed by atoms with E-state index in [1.54, 1.807) is 0 Å². The van der Waals surface area contributed by atoms with Gasteiger partial charge >= 0.3 is 0 Å². The Morgan fingerprint density at radius 3 is 2.78 bits per heavy atom. The van der Waals surface area contributed by atoms with Gasteiger partial charge in [0.15, 0.2) is 6.10 Å². The van der Waals surface area contributed by atoms with Gasteiger partial charge in [-0.1, -0.05) is 30.3 Å². The lowest BCUT2D eigenvalue weighted by Gasteiger charge is -2.31. The van der Waals surface area contributed by atoms with E-state index in [4.69, 9.17) is 4.74 Å². The quantitative estimate of drug-likeness (QED) is 0.856. The molecule has 1 aliphatic rings. The predicted molar refractivity (Wildman–Crippen MR) is 93.1 cm³/mol. The molecule has 0 unspecified atom stereocenters. The average Bonchev–Trinajstić information content (AvgIpc) is 2.57. The summed E-state index contributed by atoms with van der Waals surface area (Å²) in [6.45, 7) is 6.62. The second-order valence-electron chi connectivity index (χ2n) is 6.25. The van der Waals surface area contributed by atoms with Crippen LogP contribution in [0.1, 0.15) is 30.0 Å². The smallest absolute Gasteiger partial charge is 0.267 e. The highest BCUT2D eigenvalue weighted by atomic mass is 16.5. The van der Waals surface area contributed by atoms with Crippen LogP contribution < -0.4 is 9.64 Å². The summed E-state index contributed by atoms with van der Waals surface area (Å²) < 4.78 is 5.96. The number of nitrogens with zero attached hydrogens (tertiary/aromatic N) is 1. The molecule has 1 heterocycles. The summed E-state index contributed by atoms with van der Waals surface area (Å²) in [5.41, 5.74) is 4.45. The summed E-state index contributed by atoms with van der Waals surface area (Å²) >= 11 is 0. The lowest BCUT2D eigenvalue weighted by Crippen LogP contribution is -2.43. The fraction of sp³-hybridized carbons (Fsp3) is 0.350. The van der Waals surface area contributed by atoms with Crippen LogP contribution in [0.4, 0.5) is 5.69 Å². The van der Waals surface area contributed by atoms with Gasteiger partial charge < -0.3 is 9.64 Å². The molecule has 3 nitrogen and oxygen atoms in total. The molecule has 0 N–H and O–H groups in total. The number of aryl methyl sites for hydroxylation is 3. The maximum atomic E-state index is 12.9. The highest BCUT2D eigenvalue weighted by molar-refractivity contribution is 5.97. The lowest BCUT2D eigenvalue weighted by atomic mass is 10.0. The van der Waals surface area contributed by atoms with Crippen molar-refractivity contribution in [2.75, 3.05) is 11.4 Å². The molecule has 3 heteroatoms. The lowest BCUT2D eigenvalue weighted by molar-refractivity contribution is -0.124. The molecule has 1 amide bonds. The maximum absolute atomic E-state index is 12.9. The van der Waals surface area contributed by atoms with Crippen LogP contribution in [0.3, 0.4) is 0 Å². The molecule has 0 saturated carbocycles. The Labute approximate surface area is 137 Å². The molecule has 0 saturated heterocycles. The number of amides is 1. The monoisotopic (exact) mass is 309 g/mol. The second-order valence-corrected chi connectivity index (χ2v) is 6.25. The Hall–Kier alpha value is -2.29. The van der Waals surface area contributed by atoms with Crippen LogP contribution in [0.15, 0.2) is 42.5 Å². The number of para-hydroxylation sites is 1. The molecule has 2 aromatic carbocycles. The van der Waals surface area contributed by atoms with Crippen molar-refractivity contribution in [3.8, 4) is 5.75 Å². The van der Waals surface area contributed by atoms with Crippen molar-refractivity contribution in [2.45, 2.75) is 39.7 Å². The minimum absolute atomic E-state index is 0.0260.